The molecule has 0 atom stereocenters. The van der Waals surface area contributed by atoms with Crippen molar-refractivity contribution in [3.63, 3.8) is 0 Å². The van der Waals surface area contributed by atoms with E-state index in [-0.39, 0.29) is 12.2 Å². The van der Waals surface area contributed by atoms with Crippen LogP contribution in [0.25, 0.3) is 16.9 Å². The van der Waals surface area contributed by atoms with E-state index in [1.807, 2.05) is 29.5 Å². The Bertz CT molecular complexity index is 810. The van der Waals surface area contributed by atoms with Gasteiger partial charge in [-0.1, -0.05) is 6.07 Å². The zero-order valence-electron chi connectivity index (χ0n) is 11.0. The maximum atomic E-state index is 13.0. The first-order valence-corrected chi connectivity index (χ1v) is 6.30. The summed E-state index contributed by atoms with van der Waals surface area (Å²) in [7, 11) is 0. The molecule has 2 heterocycles. The molecule has 0 saturated carbocycles. The van der Waals surface area contributed by atoms with E-state index in [0.29, 0.717) is 0 Å². The largest absolute Gasteiger partial charge is 0.300 e. The topological polar surface area (TPSA) is 41.1 Å². The molecule has 2 aromatic heterocycles. The Morgan fingerprint density at radius 3 is 2.65 bits per heavy atom. The molecule has 98 valence electrons. The van der Waals surface area contributed by atoms with Crippen LogP contribution in [0.15, 0.2) is 42.5 Å². The molecule has 4 heteroatoms. The molecule has 0 aliphatic carbocycles. The Balaban J connectivity index is 2.30. The van der Waals surface area contributed by atoms with Gasteiger partial charge >= 0.3 is 0 Å². The maximum absolute atomic E-state index is 13.0. The zero-order chi connectivity index (χ0) is 14.1. The van der Waals surface area contributed by atoms with E-state index in [1.54, 1.807) is 12.1 Å². The third-order valence-corrected chi connectivity index (χ3v) is 3.30. The van der Waals surface area contributed by atoms with Crippen LogP contribution in [-0.4, -0.2) is 9.38 Å². The summed E-state index contributed by atoms with van der Waals surface area (Å²) in [6.07, 6.45) is 0.263. The Morgan fingerprint density at radius 2 is 1.95 bits per heavy atom. The predicted molar refractivity (Wildman–Crippen MR) is 74.6 cm³/mol. The SMILES string of the molecule is Cc1cccc2nc(-c3ccc(F)cc3)c(CC#N)n12. The second kappa shape index (κ2) is 4.78. The van der Waals surface area contributed by atoms with E-state index in [4.69, 9.17) is 5.26 Å². The Kier molecular flexibility index (Phi) is 2.96. The van der Waals surface area contributed by atoms with Gasteiger partial charge in [-0.25, -0.2) is 9.37 Å². The van der Waals surface area contributed by atoms with Crippen LogP contribution in [0.5, 0.6) is 0 Å². The molecule has 0 N–H and O–H groups in total. The highest BCUT2D eigenvalue weighted by Crippen LogP contribution is 2.26. The van der Waals surface area contributed by atoms with Crippen molar-refractivity contribution in [3.8, 4) is 17.3 Å². The van der Waals surface area contributed by atoms with Gasteiger partial charge in [0.25, 0.3) is 0 Å². The summed E-state index contributed by atoms with van der Waals surface area (Å²) >= 11 is 0. The van der Waals surface area contributed by atoms with E-state index < -0.39 is 0 Å². The lowest BCUT2D eigenvalue weighted by Crippen LogP contribution is -1.97. The molecule has 3 aromatic rings. The van der Waals surface area contributed by atoms with Crippen LogP contribution in [0, 0.1) is 24.1 Å². The molecular weight excluding hydrogens is 253 g/mol. The van der Waals surface area contributed by atoms with Crippen LogP contribution in [0.4, 0.5) is 4.39 Å². The summed E-state index contributed by atoms with van der Waals surface area (Å²) < 4.78 is 15.0. The van der Waals surface area contributed by atoms with Gasteiger partial charge in [-0.3, -0.25) is 4.40 Å². The van der Waals surface area contributed by atoms with Gasteiger partial charge in [-0.2, -0.15) is 5.26 Å². The van der Waals surface area contributed by atoms with Gasteiger partial charge in [0, 0.05) is 11.3 Å². The minimum atomic E-state index is -0.282. The van der Waals surface area contributed by atoms with Crippen LogP contribution in [0.1, 0.15) is 11.4 Å². The third-order valence-electron chi connectivity index (χ3n) is 3.30. The van der Waals surface area contributed by atoms with Crippen LogP contribution in [-0.2, 0) is 6.42 Å². The lowest BCUT2D eigenvalue weighted by molar-refractivity contribution is 0.628. The molecule has 3 nitrogen and oxygen atoms in total. The summed E-state index contributed by atoms with van der Waals surface area (Å²) in [6.45, 7) is 1.98. The Morgan fingerprint density at radius 1 is 1.20 bits per heavy atom. The van der Waals surface area contributed by atoms with E-state index in [1.165, 1.54) is 12.1 Å². The maximum Gasteiger partial charge on any atom is 0.137 e. The number of rotatable bonds is 2. The average Bonchev–Trinajstić information content (AvgIpc) is 2.80. The molecule has 20 heavy (non-hydrogen) atoms. The predicted octanol–water partition coefficient (Wildman–Crippen LogP) is 3.51. The number of hydrogen-bond donors (Lipinski definition) is 0. The van der Waals surface area contributed by atoms with Crippen molar-refractivity contribution in [2.75, 3.05) is 0 Å². The molecule has 3 rings (SSSR count). The number of imidazole rings is 1. The van der Waals surface area contributed by atoms with Crippen molar-refractivity contribution in [1.82, 2.24) is 9.38 Å². The van der Waals surface area contributed by atoms with Crippen LogP contribution < -0.4 is 0 Å². The van der Waals surface area contributed by atoms with Crippen LogP contribution >= 0.6 is 0 Å². The minimum absolute atomic E-state index is 0.263. The van der Waals surface area contributed by atoms with Crippen molar-refractivity contribution in [2.24, 2.45) is 0 Å². The Labute approximate surface area is 115 Å². The van der Waals surface area contributed by atoms with Gasteiger partial charge in [0.1, 0.15) is 11.5 Å². The van der Waals surface area contributed by atoms with E-state index in [0.717, 1.165) is 28.3 Å². The molecule has 1 aromatic carbocycles. The summed E-state index contributed by atoms with van der Waals surface area (Å²) in [5, 5.41) is 9.05. The minimum Gasteiger partial charge on any atom is -0.300 e. The first-order valence-electron chi connectivity index (χ1n) is 6.30. The number of nitrogens with zero attached hydrogens (tertiary/aromatic N) is 3. The van der Waals surface area contributed by atoms with Gasteiger partial charge in [-0.15, -0.1) is 0 Å². The van der Waals surface area contributed by atoms with Gasteiger partial charge in [0.05, 0.1) is 23.9 Å². The third kappa shape index (κ3) is 1.94. The highest BCUT2D eigenvalue weighted by molar-refractivity contribution is 5.67. The zero-order valence-corrected chi connectivity index (χ0v) is 11.0. The fourth-order valence-electron chi connectivity index (χ4n) is 2.40. The van der Waals surface area contributed by atoms with Crippen molar-refractivity contribution in [1.29, 1.82) is 5.26 Å². The molecule has 0 aliphatic rings. The van der Waals surface area contributed by atoms with Gasteiger partial charge < -0.3 is 0 Å². The number of pyridine rings is 1. The van der Waals surface area contributed by atoms with Crippen LogP contribution in [0.3, 0.4) is 0 Å². The number of hydrogen-bond acceptors (Lipinski definition) is 2. The lowest BCUT2D eigenvalue weighted by atomic mass is 10.1. The Hall–Kier alpha value is -2.67. The molecule has 0 bridgehead atoms. The molecule has 0 spiro atoms. The average molecular weight is 265 g/mol. The molecule has 0 saturated heterocycles. The fraction of sp³-hybridized carbons (Fsp3) is 0.125. The van der Waals surface area contributed by atoms with Crippen LogP contribution in [0.2, 0.25) is 0 Å². The van der Waals surface area contributed by atoms with E-state index in [2.05, 4.69) is 11.1 Å². The van der Waals surface area contributed by atoms with E-state index in [9.17, 15) is 4.39 Å². The van der Waals surface area contributed by atoms with Crippen molar-refractivity contribution in [2.45, 2.75) is 13.3 Å². The highest BCUT2D eigenvalue weighted by atomic mass is 19.1. The van der Waals surface area contributed by atoms with Crippen molar-refractivity contribution >= 4 is 5.65 Å². The number of aryl methyl sites for hydroxylation is 1. The summed E-state index contributed by atoms with van der Waals surface area (Å²) in [5.41, 5.74) is 4.22. The van der Waals surface area contributed by atoms with Gasteiger partial charge in [-0.05, 0) is 43.3 Å². The molecule has 0 radical (unpaired) electrons. The summed E-state index contributed by atoms with van der Waals surface area (Å²) in [4.78, 5) is 4.58. The smallest absolute Gasteiger partial charge is 0.137 e. The molecule has 0 unspecified atom stereocenters. The molecular formula is C16H12FN3. The second-order valence-corrected chi connectivity index (χ2v) is 4.61. The number of halogens is 1. The fourth-order valence-corrected chi connectivity index (χ4v) is 2.40. The quantitative estimate of drug-likeness (QED) is 0.711. The number of benzene rings is 1. The summed E-state index contributed by atoms with van der Waals surface area (Å²) in [5.74, 6) is -0.282. The number of fused-ring (bicyclic) bond motifs is 1. The first kappa shape index (κ1) is 12.4. The molecule has 0 aliphatic heterocycles. The monoisotopic (exact) mass is 265 g/mol. The highest BCUT2D eigenvalue weighted by Gasteiger charge is 2.14. The lowest BCUT2D eigenvalue weighted by Gasteiger charge is -2.04. The van der Waals surface area contributed by atoms with Gasteiger partial charge in [0.2, 0.25) is 0 Å². The van der Waals surface area contributed by atoms with Crippen molar-refractivity contribution < 1.29 is 4.39 Å². The van der Waals surface area contributed by atoms with Crippen molar-refractivity contribution in [3.05, 3.63) is 59.7 Å². The van der Waals surface area contributed by atoms with Gasteiger partial charge in [0.15, 0.2) is 0 Å². The summed E-state index contributed by atoms with van der Waals surface area (Å²) in [6, 6.07) is 14.2. The normalized spacial score (nSPS) is 10.7. The molecule has 0 amide bonds. The second-order valence-electron chi connectivity index (χ2n) is 4.61. The van der Waals surface area contributed by atoms with E-state index >= 15 is 0 Å². The standard InChI is InChI=1S/C16H12FN3/c1-11-3-2-4-15-19-16(14(9-10-18)20(11)15)12-5-7-13(17)8-6-12/h2-8H,9H2,1H3. The first-order chi connectivity index (χ1) is 9.70. The number of nitriles is 1. The molecule has 0 fully saturated rings. The number of aromatic nitrogens is 2.